The van der Waals surface area contributed by atoms with E-state index in [1.165, 1.54) is 11.8 Å². The van der Waals surface area contributed by atoms with Gasteiger partial charge in [0.15, 0.2) is 0 Å². The lowest BCUT2D eigenvalue weighted by molar-refractivity contribution is -0.120. The van der Waals surface area contributed by atoms with Crippen LogP contribution in [-0.2, 0) is 4.79 Å². The average Bonchev–Trinajstić information content (AvgIpc) is 2.32. The number of hydrogen-bond donors (Lipinski definition) is 2. The number of nitrogens with one attached hydrogen (secondary N) is 1. The Morgan fingerprint density at radius 3 is 2.72 bits per heavy atom. The number of amides is 1. The number of carbonyl (C=O) groups excluding carboxylic acids is 1. The van der Waals surface area contributed by atoms with E-state index in [4.69, 9.17) is 17.3 Å². The van der Waals surface area contributed by atoms with E-state index in [1.54, 1.807) is 12.1 Å². The Labute approximate surface area is 117 Å². The van der Waals surface area contributed by atoms with Gasteiger partial charge in [0.1, 0.15) is 0 Å². The summed E-state index contributed by atoms with van der Waals surface area (Å²) in [6.07, 6.45) is 0.922. The fraction of sp³-hybridized carbons (Fsp3) is 0.462. The van der Waals surface area contributed by atoms with Crippen molar-refractivity contribution in [3.63, 3.8) is 0 Å². The van der Waals surface area contributed by atoms with Gasteiger partial charge in [-0.25, -0.2) is 0 Å². The summed E-state index contributed by atoms with van der Waals surface area (Å²) in [7, 11) is 0. The van der Waals surface area contributed by atoms with Crippen LogP contribution in [0.4, 0.5) is 5.69 Å². The summed E-state index contributed by atoms with van der Waals surface area (Å²) in [5, 5.41) is 3.36. The maximum atomic E-state index is 11.9. The zero-order chi connectivity index (χ0) is 13.7. The minimum absolute atomic E-state index is 0.0299. The highest BCUT2D eigenvalue weighted by Crippen LogP contribution is 2.31. The van der Waals surface area contributed by atoms with Crippen LogP contribution in [0, 0.1) is 0 Å². The molecule has 100 valence electrons. The van der Waals surface area contributed by atoms with Gasteiger partial charge < -0.3 is 11.1 Å². The summed E-state index contributed by atoms with van der Waals surface area (Å²) in [5.74, 6) is 0.0299. The highest BCUT2D eigenvalue weighted by molar-refractivity contribution is 8.00. The van der Waals surface area contributed by atoms with Crippen molar-refractivity contribution in [3.8, 4) is 0 Å². The first kappa shape index (κ1) is 15.2. The van der Waals surface area contributed by atoms with Gasteiger partial charge in [0.2, 0.25) is 5.91 Å². The molecule has 0 bridgehead atoms. The number of thioether (sulfide) groups is 1. The molecule has 0 aliphatic heterocycles. The first-order valence-electron chi connectivity index (χ1n) is 5.96. The zero-order valence-electron chi connectivity index (χ0n) is 10.9. The van der Waals surface area contributed by atoms with Crippen LogP contribution in [0.5, 0.6) is 0 Å². The zero-order valence-corrected chi connectivity index (χ0v) is 12.4. The van der Waals surface area contributed by atoms with E-state index in [0.29, 0.717) is 10.7 Å². The van der Waals surface area contributed by atoms with E-state index in [-0.39, 0.29) is 17.2 Å². The van der Waals surface area contributed by atoms with Gasteiger partial charge in [0.25, 0.3) is 0 Å². The Bertz CT molecular complexity index is 425. The Morgan fingerprint density at radius 1 is 1.50 bits per heavy atom. The van der Waals surface area contributed by atoms with Crippen LogP contribution in [0.25, 0.3) is 0 Å². The van der Waals surface area contributed by atoms with Crippen LogP contribution in [0.15, 0.2) is 23.1 Å². The first-order chi connectivity index (χ1) is 8.43. The van der Waals surface area contributed by atoms with Crippen LogP contribution in [0.3, 0.4) is 0 Å². The van der Waals surface area contributed by atoms with Gasteiger partial charge in [-0.05, 0) is 38.5 Å². The molecule has 0 saturated carbocycles. The summed E-state index contributed by atoms with van der Waals surface area (Å²) in [5.41, 5.74) is 6.26. The van der Waals surface area contributed by atoms with E-state index in [0.717, 1.165) is 11.3 Å². The summed E-state index contributed by atoms with van der Waals surface area (Å²) in [6, 6.07) is 5.52. The third-order valence-electron chi connectivity index (χ3n) is 2.63. The van der Waals surface area contributed by atoms with Crippen molar-refractivity contribution in [2.24, 2.45) is 0 Å². The summed E-state index contributed by atoms with van der Waals surface area (Å²) >= 11 is 7.52. The molecule has 2 atom stereocenters. The number of carbonyl (C=O) groups is 1. The molecule has 0 aliphatic carbocycles. The van der Waals surface area contributed by atoms with Gasteiger partial charge in [-0.15, -0.1) is 11.8 Å². The molecule has 0 spiro atoms. The first-order valence-corrected chi connectivity index (χ1v) is 7.21. The Balaban J connectivity index is 2.63. The molecule has 5 heteroatoms. The Kier molecular flexibility index (Phi) is 5.82. The smallest absolute Gasteiger partial charge is 0.233 e. The lowest BCUT2D eigenvalue weighted by atomic mass is 10.2. The van der Waals surface area contributed by atoms with Gasteiger partial charge in [-0.1, -0.05) is 18.5 Å². The maximum absolute atomic E-state index is 11.9. The standard InChI is InChI=1S/C13H19ClN2OS/c1-4-8(2)16-13(17)9(3)18-12-6-5-10(15)7-11(12)14/h5-9H,4,15H2,1-3H3,(H,16,17). The second-order valence-electron chi connectivity index (χ2n) is 4.27. The van der Waals surface area contributed by atoms with Crippen molar-refractivity contribution in [3.05, 3.63) is 23.2 Å². The second kappa shape index (κ2) is 6.90. The topological polar surface area (TPSA) is 55.1 Å². The van der Waals surface area contributed by atoms with Gasteiger partial charge in [0, 0.05) is 16.6 Å². The van der Waals surface area contributed by atoms with E-state index < -0.39 is 0 Å². The average molecular weight is 287 g/mol. The predicted octanol–water partition coefficient (Wildman–Crippen LogP) is 3.32. The maximum Gasteiger partial charge on any atom is 0.233 e. The van der Waals surface area contributed by atoms with Crippen molar-refractivity contribution in [1.82, 2.24) is 5.32 Å². The third kappa shape index (κ3) is 4.42. The number of halogens is 1. The van der Waals surface area contributed by atoms with Crippen molar-refractivity contribution in [1.29, 1.82) is 0 Å². The van der Waals surface area contributed by atoms with Gasteiger partial charge in [-0.2, -0.15) is 0 Å². The van der Waals surface area contributed by atoms with Crippen molar-refractivity contribution in [2.45, 2.75) is 43.4 Å². The summed E-state index contributed by atoms with van der Waals surface area (Å²) in [4.78, 5) is 12.8. The minimum Gasteiger partial charge on any atom is -0.399 e. The normalized spacial score (nSPS) is 14.0. The van der Waals surface area contributed by atoms with Crippen LogP contribution >= 0.6 is 23.4 Å². The van der Waals surface area contributed by atoms with Crippen molar-refractivity contribution >= 4 is 35.0 Å². The lowest BCUT2D eigenvalue weighted by Crippen LogP contribution is -2.37. The molecule has 0 heterocycles. The predicted molar refractivity (Wildman–Crippen MR) is 79.1 cm³/mol. The molecule has 0 radical (unpaired) electrons. The number of hydrogen-bond acceptors (Lipinski definition) is 3. The molecule has 0 aromatic heterocycles. The molecule has 1 aromatic rings. The quantitative estimate of drug-likeness (QED) is 0.645. The van der Waals surface area contributed by atoms with Gasteiger partial charge >= 0.3 is 0 Å². The molecule has 3 N–H and O–H groups in total. The van der Waals surface area contributed by atoms with Gasteiger partial charge in [-0.3, -0.25) is 4.79 Å². The molecule has 3 nitrogen and oxygen atoms in total. The molecule has 0 fully saturated rings. The molecule has 1 rings (SSSR count). The monoisotopic (exact) mass is 286 g/mol. The Morgan fingerprint density at radius 2 is 2.17 bits per heavy atom. The SMILES string of the molecule is CCC(C)NC(=O)C(C)Sc1ccc(N)cc1Cl. The fourth-order valence-corrected chi connectivity index (χ4v) is 2.52. The molecule has 2 unspecified atom stereocenters. The second-order valence-corrected chi connectivity index (χ2v) is 6.06. The number of anilines is 1. The van der Waals surface area contributed by atoms with E-state index >= 15 is 0 Å². The highest BCUT2D eigenvalue weighted by atomic mass is 35.5. The molecular weight excluding hydrogens is 268 g/mol. The summed E-state index contributed by atoms with van der Waals surface area (Å²) < 4.78 is 0. The number of nitrogens with two attached hydrogens (primary N) is 1. The lowest BCUT2D eigenvalue weighted by Gasteiger charge is -2.16. The van der Waals surface area contributed by atoms with Crippen LogP contribution in [-0.4, -0.2) is 17.2 Å². The van der Waals surface area contributed by atoms with E-state index in [9.17, 15) is 4.79 Å². The summed E-state index contributed by atoms with van der Waals surface area (Å²) in [6.45, 7) is 5.90. The minimum atomic E-state index is -0.180. The van der Waals surface area contributed by atoms with Crippen LogP contribution < -0.4 is 11.1 Å². The Hall–Kier alpha value is -0.870. The molecule has 1 aromatic carbocycles. The van der Waals surface area contributed by atoms with E-state index in [1.807, 2.05) is 26.8 Å². The molecule has 0 saturated heterocycles. The highest BCUT2D eigenvalue weighted by Gasteiger charge is 2.17. The van der Waals surface area contributed by atoms with Crippen LogP contribution in [0.1, 0.15) is 27.2 Å². The molecule has 18 heavy (non-hydrogen) atoms. The number of benzene rings is 1. The number of rotatable bonds is 5. The van der Waals surface area contributed by atoms with Gasteiger partial charge in [0.05, 0.1) is 10.3 Å². The number of nitrogen functional groups attached to an aromatic ring is 1. The van der Waals surface area contributed by atoms with Crippen LogP contribution in [0.2, 0.25) is 5.02 Å². The van der Waals surface area contributed by atoms with Crippen molar-refractivity contribution in [2.75, 3.05) is 5.73 Å². The molecule has 1 amide bonds. The molecule has 0 aliphatic rings. The van der Waals surface area contributed by atoms with Crippen molar-refractivity contribution < 1.29 is 4.79 Å². The van der Waals surface area contributed by atoms with E-state index in [2.05, 4.69) is 5.32 Å². The molecular formula is C13H19ClN2OS. The largest absolute Gasteiger partial charge is 0.399 e. The third-order valence-corrected chi connectivity index (χ3v) is 4.23. The fourth-order valence-electron chi connectivity index (χ4n) is 1.32.